The molecule has 22 heavy (non-hydrogen) atoms. The van der Waals surface area contributed by atoms with E-state index >= 15 is 0 Å². The highest BCUT2D eigenvalue weighted by Gasteiger charge is 2.17. The van der Waals surface area contributed by atoms with E-state index in [9.17, 15) is 8.78 Å². The molecule has 1 aliphatic carbocycles. The van der Waals surface area contributed by atoms with Crippen molar-refractivity contribution in [2.45, 2.75) is 39.0 Å². The first-order valence-corrected chi connectivity index (χ1v) is 7.71. The first-order valence-electron chi connectivity index (χ1n) is 7.71. The van der Waals surface area contributed by atoms with Crippen molar-refractivity contribution in [2.24, 2.45) is 11.8 Å². The third kappa shape index (κ3) is 4.18. The fourth-order valence-electron chi connectivity index (χ4n) is 2.85. The van der Waals surface area contributed by atoms with E-state index in [1.165, 1.54) is 38.2 Å². The molecule has 1 fully saturated rings. The zero-order valence-electron chi connectivity index (χ0n) is 12.7. The molecule has 0 aliphatic heterocycles. The number of halogens is 2. The highest BCUT2D eigenvalue weighted by molar-refractivity contribution is 5.43. The monoisotopic (exact) mass is 299 g/mol. The molecule has 0 unspecified atom stereocenters. The van der Waals surface area contributed by atoms with Gasteiger partial charge in [-0.3, -0.25) is 0 Å². The Kier molecular flexibility index (Phi) is 5.73. The molecule has 1 nitrogen and oxygen atoms in total. The van der Waals surface area contributed by atoms with Crippen LogP contribution in [0.3, 0.4) is 0 Å². The van der Waals surface area contributed by atoms with E-state index in [-0.39, 0.29) is 5.56 Å². The molecule has 0 heterocycles. The molecule has 2 rings (SSSR count). The Balaban J connectivity index is 1.97. The Bertz CT molecular complexity index is 627. The van der Waals surface area contributed by atoms with E-state index in [4.69, 9.17) is 5.26 Å². The average Bonchev–Trinajstić information content (AvgIpc) is 2.52. The summed E-state index contributed by atoms with van der Waals surface area (Å²) in [5.41, 5.74) is -0.317. The van der Waals surface area contributed by atoms with Crippen LogP contribution in [0.15, 0.2) is 24.3 Å². The van der Waals surface area contributed by atoms with Crippen molar-refractivity contribution in [1.29, 1.82) is 5.26 Å². The Hall–Kier alpha value is -2.13. The van der Waals surface area contributed by atoms with Crippen molar-refractivity contribution in [3.05, 3.63) is 47.0 Å². The zero-order chi connectivity index (χ0) is 15.9. The molecule has 0 amide bonds. The molecule has 0 radical (unpaired) electrons. The number of benzene rings is 1. The van der Waals surface area contributed by atoms with Gasteiger partial charge in [0.05, 0.1) is 0 Å². The van der Waals surface area contributed by atoms with Crippen molar-refractivity contribution in [1.82, 2.24) is 0 Å². The lowest BCUT2D eigenvalue weighted by atomic mass is 9.81. The van der Waals surface area contributed by atoms with E-state index in [1.54, 1.807) is 6.08 Å². The van der Waals surface area contributed by atoms with Gasteiger partial charge in [-0.1, -0.05) is 31.3 Å². The van der Waals surface area contributed by atoms with E-state index in [2.05, 4.69) is 24.8 Å². The van der Waals surface area contributed by atoms with Gasteiger partial charge in [-0.25, -0.2) is 8.78 Å². The van der Waals surface area contributed by atoms with E-state index < -0.39 is 17.2 Å². The number of hydrogen-bond acceptors (Lipinski definition) is 1. The number of allylic oxidation sites excluding steroid dienone is 2. The summed E-state index contributed by atoms with van der Waals surface area (Å²) in [4.78, 5) is 0. The lowest BCUT2D eigenvalue weighted by molar-refractivity contribution is 0.304. The van der Waals surface area contributed by atoms with Crippen LogP contribution in [-0.4, -0.2) is 0 Å². The van der Waals surface area contributed by atoms with Gasteiger partial charge in [0.2, 0.25) is 0 Å². The van der Waals surface area contributed by atoms with Crippen molar-refractivity contribution < 1.29 is 8.78 Å². The van der Waals surface area contributed by atoms with Crippen LogP contribution in [-0.2, 0) is 0 Å². The SMILES string of the molecule is CCC1CCC(/C=C/C#Cc2cc(F)c(C#N)c(F)c2)CC1. The van der Waals surface area contributed by atoms with Crippen LogP contribution in [0.4, 0.5) is 8.78 Å². The third-order valence-electron chi connectivity index (χ3n) is 4.29. The fourth-order valence-corrected chi connectivity index (χ4v) is 2.85. The van der Waals surface area contributed by atoms with E-state index in [1.807, 2.05) is 0 Å². The minimum Gasteiger partial charge on any atom is -0.205 e. The summed E-state index contributed by atoms with van der Waals surface area (Å²) < 4.78 is 26.9. The summed E-state index contributed by atoms with van der Waals surface area (Å²) in [5.74, 6) is 5.22. The summed E-state index contributed by atoms with van der Waals surface area (Å²) in [7, 11) is 0. The number of rotatable bonds is 2. The second-order valence-electron chi connectivity index (χ2n) is 5.74. The molecule has 1 aliphatic rings. The maximum atomic E-state index is 13.4. The van der Waals surface area contributed by atoms with E-state index in [0.717, 1.165) is 18.1 Å². The number of nitrogens with zero attached hydrogens (tertiary/aromatic N) is 1. The van der Waals surface area contributed by atoms with Crippen molar-refractivity contribution in [2.75, 3.05) is 0 Å². The molecule has 0 N–H and O–H groups in total. The molecule has 0 aromatic heterocycles. The molecule has 114 valence electrons. The van der Waals surface area contributed by atoms with E-state index in [0.29, 0.717) is 5.92 Å². The molecule has 1 aromatic rings. The van der Waals surface area contributed by atoms with Crippen LogP contribution in [0.2, 0.25) is 0 Å². The van der Waals surface area contributed by atoms with Gasteiger partial charge in [0.25, 0.3) is 0 Å². The van der Waals surface area contributed by atoms with Gasteiger partial charge in [0.1, 0.15) is 23.3 Å². The molecule has 0 spiro atoms. The zero-order valence-corrected chi connectivity index (χ0v) is 12.7. The van der Waals surface area contributed by atoms with Crippen LogP contribution < -0.4 is 0 Å². The summed E-state index contributed by atoms with van der Waals surface area (Å²) in [6.07, 6.45) is 10.0. The fraction of sp³-hybridized carbons (Fsp3) is 0.421. The van der Waals surface area contributed by atoms with Crippen LogP contribution in [0.1, 0.15) is 50.2 Å². The first-order chi connectivity index (χ1) is 10.6. The molecule has 1 saturated carbocycles. The summed E-state index contributed by atoms with van der Waals surface area (Å²) in [5, 5.41) is 8.61. The standard InChI is InChI=1S/C19H19F2N/c1-2-14-7-9-15(10-8-14)5-3-4-6-16-11-18(20)17(13-22)19(21)12-16/h3,5,11-12,14-15H,2,7-10H2,1H3/b5-3+. The van der Waals surface area contributed by atoms with Crippen LogP contribution in [0.25, 0.3) is 0 Å². The molecule has 3 heteroatoms. The van der Waals surface area contributed by atoms with Crippen molar-refractivity contribution in [3.8, 4) is 17.9 Å². The number of nitriles is 1. The smallest absolute Gasteiger partial charge is 0.145 e. The van der Waals surface area contributed by atoms with Crippen LogP contribution >= 0.6 is 0 Å². The van der Waals surface area contributed by atoms with Gasteiger partial charge in [0, 0.05) is 5.56 Å². The van der Waals surface area contributed by atoms with Gasteiger partial charge < -0.3 is 0 Å². The quantitative estimate of drug-likeness (QED) is 0.708. The van der Waals surface area contributed by atoms with Crippen molar-refractivity contribution >= 4 is 0 Å². The largest absolute Gasteiger partial charge is 0.205 e. The Morgan fingerprint density at radius 2 is 1.82 bits per heavy atom. The maximum Gasteiger partial charge on any atom is 0.145 e. The predicted molar refractivity (Wildman–Crippen MR) is 82.8 cm³/mol. The van der Waals surface area contributed by atoms with Gasteiger partial charge in [-0.15, -0.1) is 0 Å². The second kappa shape index (κ2) is 7.76. The van der Waals surface area contributed by atoms with Crippen LogP contribution in [0.5, 0.6) is 0 Å². The van der Waals surface area contributed by atoms with Gasteiger partial charge in [-0.2, -0.15) is 5.26 Å². The highest BCUT2D eigenvalue weighted by atomic mass is 19.1. The minimum atomic E-state index is -0.867. The molecule has 0 bridgehead atoms. The first kappa shape index (κ1) is 16.2. The molecule has 0 atom stereocenters. The lowest BCUT2D eigenvalue weighted by Gasteiger charge is -2.25. The van der Waals surface area contributed by atoms with Crippen molar-refractivity contribution in [3.63, 3.8) is 0 Å². The van der Waals surface area contributed by atoms with Crippen LogP contribution in [0, 0.1) is 46.6 Å². The third-order valence-corrected chi connectivity index (χ3v) is 4.29. The second-order valence-corrected chi connectivity index (χ2v) is 5.74. The molecular formula is C19H19F2N. The average molecular weight is 299 g/mol. The molecule has 0 saturated heterocycles. The molecule has 1 aromatic carbocycles. The molecular weight excluding hydrogens is 280 g/mol. The number of hydrogen-bond donors (Lipinski definition) is 0. The Labute approximate surface area is 130 Å². The Morgan fingerprint density at radius 3 is 2.36 bits per heavy atom. The van der Waals surface area contributed by atoms with Gasteiger partial charge in [0.15, 0.2) is 0 Å². The Morgan fingerprint density at radius 1 is 1.18 bits per heavy atom. The summed E-state index contributed by atoms with van der Waals surface area (Å²) >= 11 is 0. The summed E-state index contributed by atoms with van der Waals surface area (Å²) in [6, 6.07) is 3.68. The topological polar surface area (TPSA) is 23.8 Å². The normalized spacial score (nSPS) is 21.2. The van der Waals surface area contributed by atoms with Gasteiger partial charge in [-0.05, 0) is 55.7 Å². The highest BCUT2D eigenvalue weighted by Crippen LogP contribution is 2.31. The minimum absolute atomic E-state index is 0.244. The summed E-state index contributed by atoms with van der Waals surface area (Å²) in [6.45, 7) is 2.24. The predicted octanol–water partition coefficient (Wildman–Crippen LogP) is 4.96. The maximum absolute atomic E-state index is 13.4. The van der Waals surface area contributed by atoms with Gasteiger partial charge >= 0.3 is 0 Å². The lowest BCUT2D eigenvalue weighted by Crippen LogP contribution is -2.11.